The fraction of sp³-hybridized carbons (Fsp3) is 0.293. The van der Waals surface area contributed by atoms with Crippen LogP contribution in [0.3, 0.4) is 0 Å². The van der Waals surface area contributed by atoms with Crippen molar-refractivity contribution in [3.63, 3.8) is 0 Å². The molecule has 0 atom stereocenters. The lowest BCUT2D eigenvalue weighted by Crippen LogP contribution is -1.91. The maximum Gasteiger partial charge on any atom is 0.0775 e. The van der Waals surface area contributed by atoms with Crippen LogP contribution in [0, 0.1) is 24.2 Å². The first kappa shape index (κ1) is 30.4. The van der Waals surface area contributed by atoms with Crippen molar-refractivity contribution in [1.29, 1.82) is 0 Å². The Labute approximate surface area is 262 Å². The molecule has 0 saturated heterocycles. The van der Waals surface area contributed by atoms with Gasteiger partial charge in [-0.05, 0) is 77.4 Å². The molecule has 216 valence electrons. The summed E-state index contributed by atoms with van der Waals surface area (Å²) < 4.78 is 0. The van der Waals surface area contributed by atoms with Crippen LogP contribution < -0.4 is 0 Å². The van der Waals surface area contributed by atoms with Crippen LogP contribution in [0.5, 0.6) is 0 Å². The molecule has 2 heterocycles. The zero-order valence-electron chi connectivity index (χ0n) is 25.4. The second-order valence-electron chi connectivity index (χ2n) is 11.4. The highest BCUT2D eigenvalue weighted by molar-refractivity contribution is 7.10. The number of benzene rings is 3. The fourth-order valence-corrected chi connectivity index (χ4v) is 6.39. The third kappa shape index (κ3) is 8.70. The number of rotatable bonds is 13. The van der Waals surface area contributed by atoms with Gasteiger partial charge in [0.05, 0.1) is 16.1 Å². The molecule has 0 aliphatic carbocycles. The van der Waals surface area contributed by atoms with Gasteiger partial charge in [-0.1, -0.05) is 125 Å². The van der Waals surface area contributed by atoms with Crippen molar-refractivity contribution in [3.8, 4) is 46.6 Å². The molecular weight excluding hydrogens is 539 g/mol. The molecule has 0 N–H and O–H groups in total. The van der Waals surface area contributed by atoms with Crippen molar-refractivity contribution in [1.82, 2.24) is 4.98 Å². The molecule has 43 heavy (non-hydrogen) atoms. The minimum atomic E-state index is 0.858. The number of aryl methyl sites for hydroxylation is 1. The summed E-state index contributed by atoms with van der Waals surface area (Å²) in [6.45, 7) is 2.28. The molecule has 5 aromatic rings. The lowest BCUT2D eigenvalue weighted by atomic mass is 9.97. The number of fused-ring (bicyclic) bond motifs is 1. The number of unbranched alkanes of at least 4 members (excludes halogenated alkanes) is 9. The first-order valence-electron chi connectivity index (χ1n) is 15.9. The molecule has 0 unspecified atom stereocenters. The molecule has 0 fully saturated rings. The van der Waals surface area contributed by atoms with Crippen molar-refractivity contribution < 1.29 is 0 Å². The molecule has 5 rings (SSSR count). The number of terminal acetylenes is 1. The molecule has 0 saturated carbocycles. The van der Waals surface area contributed by atoms with E-state index >= 15 is 0 Å². The smallest absolute Gasteiger partial charge is 0.0775 e. The van der Waals surface area contributed by atoms with Crippen LogP contribution >= 0.6 is 11.3 Å². The minimum Gasteiger partial charge on any atom is -0.248 e. The van der Waals surface area contributed by atoms with Crippen LogP contribution in [-0.4, -0.2) is 4.98 Å². The van der Waals surface area contributed by atoms with Crippen LogP contribution in [0.4, 0.5) is 0 Å². The maximum atomic E-state index is 5.71. The van der Waals surface area contributed by atoms with Gasteiger partial charge in [-0.15, -0.1) is 17.8 Å². The molecule has 2 aromatic heterocycles. The molecular formula is C41H41NS. The van der Waals surface area contributed by atoms with E-state index in [0.29, 0.717) is 0 Å². The molecule has 0 amide bonds. The normalized spacial score (nSPS) is 10.8. The minimum absolute atomic E-state index is 0.858. The number of hydrogen-bond donors (Lipinski definition) is 0. The Hall–Kier alpha value is -4.11. The Balaban J connectivity index is 1.23. The van der Waals surface area contributed by atoms with E-state index in [1.807, 2.05) is 18.2 Å². The Morgan fingerprint density at radius 2 is 1.42 bits per heavy atom. The van der Waals surface area contributed by atoms with Crippen LogP contribution in [0.25, 0.3) is 33.3 Å². The summed E-state index contributed by atoms with van der Waals surface area (Å²) in [6.07, 6.45) is 20.6. The lowest BCUT2D eigenvalue weighted by molar-refractivity contribution is 0.556. The highest BCUT2D eigenvalue weighted by Gasteiger charge is 2.11. The molecule has 0 aliphatic rings. The van der Waals surface area contributed by atoms with Crippen molar-refractivity contribution in [2.75, 3.05) is 0 Å². The van der Waals surface area contributed by atoms with Gasteiger partial charge in [0.25, 0.3) is 0 Å². The van der Waals surface area contributed by atoms with Crippen LogP contribution in [0.2, 0.25) is 0 Å². The number of aromatic nitrogens is 1. The monoisotopic (exact) mass is 579 g/mol. The molecule has 2 heteroatoms. The molecule has 0 aliphatic heterocycles. The van der Waals surface area contributed by atoms with Crippen molar-refractivity contribution >= 4 is 22.2 Å². The predicted molar refractivity (Wildman–Crippen MR) is 186 cm³/mol. The molecule has 0 spiro atoms. The average molecular weight is 580 g/mol. The topological polar surface area (TPSA) is 12.9 Å². The molecule has 0 radical (unpaired) electrons. The van der Waals surface area contributed by atoms with Gasteiger partial charge in [-0.2, -0.15) is 0 Å². The van der Waals surface area contributed by atoms with Gasteiger partial charge in [0, 0.05) is 22.1 Å². The van der Waals surface area contributed by atoms with E-state index in [4.69, 9.17) is 11.4 Å². The Bertz CT molecular complexity index is 1720. The largest absolute Gasteiger partial charge is 0.248 e. The van der Waals surface area contributed by atoms with E-state index in [1.165, 1.54) is 69.8 Å². The van der Waals surface area contributed by atoms with Crippen LogP contribution in [0.1, 0.15) is 92.7 Å². The standard InChI is InChI=1S/C41H41NS/c1-3-5-6-7-8-9-10-11-12-14-18-34-28-37(43-31-34)25-23-33-19-17-22-36(27-33)41-30-38(35-20-15-13-16-21-35)39-29-32(4-2)24-26-40(39)42-41/h2,13,15-17,19-22,24,26-31H,3,5-12,14,18H2,1H3. The van der Waals surface area contributed by atoms with Crippen molar-refractivity contribution in [2.24, 2.45) is 0 Å². The number of pyridine rings is 1. The van der Waals surface area contributed by atoms with Crippen LogP contribution in [-0.2, 0) is 6.42 Å². The fourth-order valence-electron chi connectivity index (χ4n) is 5.60. The van der Waals surface area contributed by atoms with Gasteiger partial charge >= 0.3 is 0 Å². The van der Waals surface area contributed by atoms with E-state index < -0.39 is 0 Å². The van der Waals surface area contributed by atoms with E-state index in [1.54, 1.807) is 11.3 Å². The zero-order chi connectivity index (χ0) is 29.7. The summed E-state index contributed by atoms with van der Waals surface area (Å²) in [6, 6.07) is 29.3. The highest BCUT2D eigenvalue weighted by atomic mass is 32.1. The second-order valence-corrected chi connectivity index (χ2v) is 12.3. The molecule has 0 bridgehead atoms. The quantitative estimate of drug-likeness (QED) is 0.0998. The van der Waals surface area contributed by atoms with Gasteiger partial charge in [-0.3, -0.25) is 0 Å². The van der Waals surface area contributed by atoms with Gasteiger partial charge in [-0.25, -0.2) is 4.98 Å². The summed E-state index contributed by atoms with van der Waals surface area (Å²) in [4.78, 5) is 6.15. The van der Waals surface area contributed by atoms with E-state index in [2.05, 4.69) is 96.8 Å². The highest BCUT2D eigenvalue weighted by Crippen LogP contribution is 2.33. The summed E-state index contributed by atoms with van der Waals surface area (Å²) in [7, 11) is 0. The average Bonchev–Trinajstić information content (AvgIpc) is 3.52. The van der Waals surface area contributed by atoms with Crippen LogP contribution in [0.15, 0.2) is 90.3 Å². The van der Waals surface area contributed by atoms with E-state index in [0.717, 1.165) is 55.7 Å². The van der Waals surface area contributed by atoms with Gasteiger partial charge in [0.1, 0.15) is 0 Å². The summed E-state index contributed by atoms with van der Waals surface area (Å²) in [5, 5.41) is 3.34. The number of thiophene rings is 1. The van der Waals surface area contributed by atoms with Gasteiger partial charge < -0.3 is 0 Å². The summed E-state index contributed by atoms with van der Waals surface area (Å²) >= 11 is 1.75. The Morgan fingerprint density at radius 1 is 0.674 bits per heavy atom. The maximum absolute atomic E-state index is 5.71. The second kappa shape index (κ2) is 15.9. The summed E-state index contributed by atoms with van der Waals surface area (Å²) in [5.74, 6) is 9.57. The van der Waals surface area contributed by atoms with Gasteiger partial charge in [0.15, 0.2) is 0 Å². The SMILES string of the molecule is C#Cc1ccc2nc(-c3cccc(C#Cc4cc(CCCCCCCCCCCC)cs4)c3)cc(-c3ccccc3)c2c1. The molecule has 1 nitrogen and oxygen atoms in total. The molecule has 3 aromatic carbocycles. The lowest BCUT2D eigenvalue weighted by Gasteiger charge is -2.11. The third-order valence-corrected chi connectivity index (χ3v) is 8.92. The van der Waals surface area contributed by atoms with Crippen molar-refractivity contribution in [3.05, 3.63) is 112 Å². The third-order valence-electron chi connectivity index (χ3n) is 8.02. The number of nitrogens with zero attached hydrogens (tertiary/aromatic N) is 1. The van der Waals surface area contributed by atoms with E-state index in [9.17, 15) is 0 Å². The van der Waals surface area contributed by atoms with E-state index in [-0.39, 0.29) is 0 Å². The van der Waals surface area contributed by atoms with Crippen molar-refractivity contribution in [2.45, 2.75) is 77.6 Å². The Morgan fingerprint density at radius 3 is 2.19 bits per heavy atom. The Kier molecular flexibility index (Phi) is 11.2. The number of hydrogen-bond acceptors (Lipinski definition) is 2. The summed E-state index contributed by atoms with van der Waals surface area (Å²) in [5.41, 5.74) is 8.46. The first-order chi connectivity index (χ1) is 21.2. The first-order valence-corrected chi connectivity index (χ1v) is 16.8. The predicted octanol–water partition coefficient (Wildman–Crippen LogP) is 11.5. The zero-order valence-corrected chi connectivity index (χ0v) is 26.2. The van der Waals surface area contributed by atoms with Gasteiger partial charge in [0.2, 0.25) is 0 Å².